The van der Waals surface area contributed by atoms with Gasteiger partial charge in [-0.05, 0) is 31.5 Å². The highest BCUT2D eigenvalue weighted by Gasteiger charge is 2.57. The average molecular weight is 339 g/mol. The molecular formula is C20H21NO4. The highest BCUT2D eigenvalue weighted by Crippen LogP contribution is 2.39. The van der Waals surface area contributed by atoms with Crippen LogP contribution in [0.3, 0.4) is 0 Å². The number of rotatable bonds is 5. The molecule has 1 heterocycles. The summed E-state index contributed by atoms with van der Waals surface area (Å²) in [6.45, 7) is 3.51. The monoisotopic (exact) mass is 339 g/mol. The normalized spacial score (nSPS) is 22.5. The van der Waals surface area contributed by atoms with Crippen molar-refractivity contribution in [3.05, 3.63) is 66.2 Å². The van der Waals surface area contributed by atoms with E-state index in [9.17, 15) is 9.59 Å². The van der Waals surface area contributed by atoms with Gasteiger partial charge in [0.05, 0.1) is 6.10 Å². The van der Waals surface area contributed by atoms with Crippen molar-refractivity contribution in [2.45, 2.75) is 38.0 Å². The summed E-state index contributed by atoms with van der Waals surface area (Å²) in [5.41, 5.74) is -0.0367. The van der Waals surface area contributed by atoms with Crippen molar-refractivity contribution < 1.29 is 19.1 Å². The molecule has 0 aromatic heterocycles. The first kappa shape index (κ1) is 17.0. The highest BCUT2D eigenvalue weighted by molar-refractivity contribution is 6.09. The summed E-state index contributed by atoms with van der Waals surface area (Å²) in [6.07, 6.45) is -0.647. The fourth-order valence-electron chi connectivity index (χ4n) is 2.89. The first-order valence-electron chi connectivity index (χ1n) is 8.31. The zero-order valence-corrected chi connectivity index (χ0v) is 14.3. The van der Waals surface area contributed by atoms with Crippen molar-refractivity contribution >= 4 is 17.6 Å². The lowest BCUT2D eigenvalue weighted by atomic mass is 9.92. The predicted molar refractivity (Wildman–Crippen MR) is 93.9 cm³/mol. The smallest absolute Gasteiger partial charge is 0.344 e. The lowest BCUT2D eigenvalue weighted by Gasteiger charge is -2.26. The molecule has 3 rings (SSSR count). The molecule has 0 bridgehead atoms. The van der Waals surface area contributed by atoms with Crippen molar-refractivity contribution in [1.29, 1.82) is 0 Å². The van der Waals surface area contributed by atoms with Gasteiger partial charge in [0.1, 0.15) is 6.10 Å². The maximum Gasteiger partial charge on any atom is 0.344 e. The Bertz CT molecular complexity index is 745. The predicted octanol–water partition coefficient (Wildman–Crippen LogP) is 3.48. The molecule has 2 atom stereocenters. The molecule has 0 unspecified atom stereocenters. The summed E-state index contributed by atoms with van der Waals surface area (Å²) in [5, 5.41) is 3.06. The van der Waals surface area contributed by atoms with Gasteiger partial charge in [-0.15, -0.1) is 0 Å². The van der Waals surface area contributed by atoms with E-state index < -0.39 is 23.6 Å². The number of hydrogen-bond donors (Lipinski definition) is 1. The summed E-state index contributed by atoms with van der Waals surface area (Å²) in [5.74, 6) is -1.23. The van der Waals surface area contributed by atoms with E-state index in [1.165, 1.54) is 0 Å². The lowest BCUT2D eigenvalue weighted by Crippen LogP contribution is -2.52. The van der Waals surface area contributed by atoms with Crippen LogP contribution in [0, 0.1) is 0 Å². The lowest BCUT2D eigenvalue weighted by molar-refractivity contribution is -0.159. The van der Waals surface area contributed by atoms with Gasteiger partial charge in [0.25, 0.3) is 0 Å². The van der Waals surface area contributed by atoms with Gasteiger partial charge in [0.15, 0.2) is 0 Å². The Balaban J connectivity index is 1.93. The largest absolute Gasteiger partial charge is 0.461 e. The molecule has 5 nitrogen and oxygen atoms in total. The van der Waals surface area contributed by atoms with Gasteiger partial charge in [-0.3, -0.25) is 0 Å². The maximum absolute atomic E-state index is 12.8. The highest BCUT2D eigenvalue weighted by atomic mass is 16.6. The topological polar surface area (TPSA) is 64.6 Å². The van der Waals surface area contributed by atoms with Crippen LogP contribution in [-0.4, -0.2) is 23.6 Å². The molecule has 0 aliphatic carbocycles. The van der Waals surface area contributed by atoms with E-state index in [-0.39, 0.29) is 12.5 Å². The molecule has 1 fully saturated rings. The van der Waals surface area contributed by atoms with Crippen LogP contribution in [-0.2, 0) is 19.1 Å². The number of anilines is 1. The molecule has 0 spiro atoms. The molecule has 1 aliphatic heterocycles. The third kappa shape index (κ3) is 3.50. The molecule has 1 N–H and O–H groups in total. The second-order valence-corrected chi connectivity index (χ2v) is 6.36. The zero-order valence-electron chi connectivity index (χ0n) is 14.3. The van der Waals surface area contributed by atoms with Crippen molar-refractivity contribution in [3.63, 3.8) is 0 Å². The Hall–Kier alpha value is -2.82. The summed E-state index contributed by atoms with van der Waals surface area (Å²) in [6, 6.07) is 18.5. The molecule has 2 aromatic rings. The average Bonchev–Trinajstić information content (AvgIpc) is 2.94. The second kappa shape index (κ2) is 6.97. The number of benzene rings is 2. The minimum absolute atomic E-state index is 0.177. The Kier molecular flexibility index (Phi) is 4.74. The Morgan fingerprint density at radius 3 is 2.32 bits per heavy atom. The standard InChI is InChI=1S/C20H21NO4/c1-14(2)24-18(22)20(21-16-11-7-4-8-12-16)13-17(25-19(20)23)15-9-5-3-6-10-15/h3-12,14,17,21H,13H2,1-2H3/t17-,20+/m1/s1. The SMILES string of the molecule is CC(C)OC(=O)[C@@]1(Nc2ccccc2)C[C@H](c2ccccc2)OC1=O. The number of hydrogen-bond acceptors (Lipinski definition) is 5. The zero-order chi connectivity index (χ0) is 17.9. The van der Waals surface area contributed by atoms with Gasteiger partial charge < -0.3 is 14.8 Å². The van der Waals surface area contributed by atoms with E-state index >= 15 is 0 Å². The summed E-state index contributed by atoms with van der Waals surface area (Å²) in [4.78, 5) is 25.5. The third-order valence-corrected chi connectivity index (χ3v) is 4.08. The van der Waals surface area contributed by atoms with E-state index in [1.807, 2.05) is 48.5 Å². The molecule has 1 saturated heterocycles. The van der Waals surface area contributed by atoms with Gasteiger partial charge in [0, 0.05) is 12.1 Å². The molecule has 0 radical (unpaired) electrons. The van der Waals surface area contributed by atoms with E-state index in [4.69, 9.17) is 9.47 Å². The number of carbonyl (C=O) groups is 2. The van der Waals surface area contributed by atoms with Crippen LogP contribution in [0.2, 0.25) is 0 Å². The molecule has 130 valence electrons. The van der Waals surface area contributed by atoms with Crippen LogP contribution in [0.4, 0.5) is 5.69 Å². The first-order valence-corrected chi connectivity index (χ1v) is 8.31. The molecule has 1 aliphatic rings. The number of carbonyl (C=O) groups excluding carboxylic acids is 2. The summed E-state index contributed by atoms with van der Waals surface area (Å²) < 4.78 is 10.9. The Morgan fingerprint density at radius 1 is 1.12 bits per heavy atom. The molecule has 25 heavy (non-hydrogen) atoms. The van der Waals surface area contributed by atoms with Crippen molar-refractivity contribution in [2.24, 2.45) is 0 Å². The second-order valence-electron chi connectivity index (χ2n) is 6.36. The van der Waals surface area contributed by atoms with Gasteiger partial charge in [-0.1, -0.05) is 48.5 Å². The minimum atomic E-state index is -1.55. The van der Waals surface area contributed by atoms with E-state index in [2.05, 4.69) is 5.32 Å². The molecular weight excluding hydrogens is 318 g/mol. The number of cyclic esters (lactones) is 1. The van der Waals surface area contributed by atoms with Crippen LogP contribution in [0.15, 0.2) is 60.7 Å². The summed E-state index contributed by atoms with van der Waals surface area (Å²) >= 11 is 0. The first-order chi connectivity index (χ1) is 12.0. The van der Waals surface area contributed by atoms with Gasteiger partial charge in [-0.2, -0.15) is 0 Å². The van der Waals surface area contributed by atoms with Gasteiger partial charge >= 0.3 is 11.9 Å². The Labute approximate surface area is 147 Å². The van der Waals surface area contributed by atoms with Gasteiger partial charge in [-0.25, -0.2) is 9.59 Å². The van der Waals surface area contributed by atoms with E-state index in [0.717, 1.165) is 5.56 Å². The third-order valence-electron chi connectivity index (χ3n) is 4.08. The van der Waals surface area contributed by atoms with Crippen LogP contribution < -0.4 is 5.32 Å². The minimum Gasteiger partial charge on any atom is -0.461 e. The van der Waals surface area contributed by atoms with Crippen LogP contribution in [0.5, 0.6) is 0 Å². The number of esters is 2. The quantitative estimate of drug-likeness (QED) is 0.667. The van der Waals surface area contributed by atoms with Crippen LogP contribution in [0.1, 0.15) is 31.9 Å². The molecule has 0 amide bonds. The molecule has 5 heteroatoms. The molecule has 2 aromatic carbocycles. The number of nitrogens with one attached hydrogen (secondary N) is 1. The number of para-hydroxylation sites is 1. The fourth-order valence-corrected chi connectivity index (χ4v) is 2.89. The van der Waals surface area contributed by atoms with Gasteiger partial charge in [0.2, 0.25) is 5.54 Å². The van der Waals surface area contributed by atoms with Crippen LogP contribution in [0.25, 0.3) is 0 Å². The Morgan fingerprint density at radius 2 is 1.72 bits per heavy atom. The molecule has 0 saturated carbocycles. The maximum atomic E-state index is 12.8. The van der Waals surface area contributed by atoms with Crippen LogP contribution >= 0.6 is 0 Å². The van der Waals surface area contributed by atoms with E-state index in [1.54, 1.807) is 26.0 Å². The van der Waals surface area contributed by atoms with E-state index in [0.29, 0.717) is 5.69 Å². The fraction of sp³-hybridized carbons (Fsp3) is 0.300. The number of ether oxygens (including phenoxy) is 2. The van der Waals surface area contributed by atoms with Crippen molar-refractivity contribution in [3.8, 4) is 0 Å². The van der Waals surface area contributed by atoms with Crippen molar-refractivity contribution in [1.82, 2.24) is 0 Å². The van der Waals surface area contributed by atoms with Crippen molar-refractivity contribution in [2.75, 3.05) is 5.32 Å². The summed E-state index contributed by atoms with van der Waals surface area (Å²) in [7, 11) is 0.